The molecule has 0 aliphatic heterocycles. The van der Waals surface area contributed by atoms with Crippen molar-refractivity contribution in [3.63, 3.8) is 0 Å². The van der Waals surface area contributed by atoms with E-state index in [1.807, 2.05) is 13.8 Å². The van der Waals surface area contributed by atoms with Gasteiger partial charge in [-0.3, -0.25) is 0 Å². The van der Waals surface area contributed by atoms with E-state index in [4.69, 9.17) is 0 Å². The number of aliphatic hydroxyl groups is 2. The van der Waals surface area contributed by atoms with Crippen LogP contribution in [0.1, 0.15) is 131 Å². The standard InChI is InChI=1S/C32H56O2/c1-7-32(34)18-17-30(5)23(20-32)12-13-24-26(30)14-16-31(6)27(19-25(28(24)31)22-10-11-22)21(2)9-8-15-29(3,4)33/h21-28,33-34H,7-20H2,1-6H3/t21-,23+,24-,25+,26+,27-,28-,30+,31-,32+/m1/s1. The van der Waals surface area contributed by atoms with Gasteiger partial charge < -0.3 is 10.2 Å². The Labute approximate surface area is 211 Å². The van der Waals surface area contributed by atoms with Gasteiger partial charge in [0, 0.05) is 0 Å². The third kappa shape index (κ3) is 4.33. The van der Waals surface area contributed by atoms with Crippen LogP contribution < -0.4 is 0 Å². The molecule has 0 aromatic rings. The molecule has 196 valence electrons. The van der Waals surface area contributed by atoms with Crippen LogP contribution in [0.5, 0.6) is 0 Å². The van der Waals surface area contributed by atoms with E-state index in [1.165, 1.54) is 64.2 Å². The molecule has 5 aliphatic carbocycles. The van der Waals surface area contributed by atoms with Crippen molar-refractivity contribution in [2.45, 2.75) is 143 Å². The van der Waals surface area contributed by atoms with Crippen molar-refractivity contribution in [1.29, 1.82) is 0 Å². The average molecular weight is 473 g/mol. The van der Waals surface area contributed by atoms with E-state index in [0.717, 1.165) is 73.0 Å². The van der Waals surface area contributed by atoms with E-state index in [1.54, 1.807) is 0 Å². The minimum absolute atomic E-state index is 0.381. The summed E-state index contributed by atoms with van der Waals surface area (Å²) in [5, 5.41) is 21.4. The quantitative estimate of drug-likeness (QED) is 0.394. The molecule has 0 saturated heterocycles. The van der Waals surface area contributed by atoms with Gasteiger partial charge in [0.1, 0.15) is 0 Å². The maximum Gasteiger partial charge on any atom is 0.0648 e. The third-order valence-corrected chi connectivity index (χ3v) is 13.0. The lowest BCUT2D eigenvalue weighted by Crippen LogP contribution is -2.56. The van der Waals surface area contributed by atoms with Gasteiger partial charge in [0.2, 0.25) is 0 Å². The lowest BCUT2D eigenvalue weighted by atomic mass is 9.43. The molecule has 5 aliphatic rings. The topological polar surface area (TPSA) is 40.5 Å². The molecule has 0 bridgehead atoms. The second kappa shape index (κ2) is 8.75. The highest BCUT2D eigenvalue weighted by Gasteiger charge is 2.65. The van der Waals surface area contributed by atoms with Crippen molar-refractivity contribution in [2.75, 3.05) is 0 Å². The maximum absolute atomic E-state index is 11.1. The Hall–Kier alpha value is -0.0800. The Morgan fingerprint density at radius 3 is 2.32 bits per heavy atom. The minimum atomic E-state index is -0.519. The summed E-state index contributed by atoms with van der Waals surface area (Å²) in [4.78, 5) is 0. The number of rotatable bonds is 7. The highest BCUT2D eigenvalue weighted by molar-refractivity contribution is 5.14. The fraction of sp³-hybridized carbons (Fsp3) is 1.00. The van der Waals surface area contributed by atoms with Crippen molar-refractivity contribution in [1.82, 2.24) is 0 Å². The normalized spacial score (nSPS) is 49.8. The molecule has 0 spiro atoms. The van der Waals surface area contributed by atoms with E-state index in [-0.39, 0.29) is 5.60 Å². The molecule has 10 atom stereocenters. The molecule has 5 saturated carbocycles. The fourth-order valence-electron chi connectivity index (χ4n) is 10.8. The Kier molecular flexibility index (Phi) is 6.58. The van der Waals surface area contributed by atoms with Crippen LogP contribution in [0.15, 0.2) is 0 Å². The number of hydrogen-bond acceptors (Lipinski definition) is 2. The predicted molar refractivity (Wildman–Crippen MR) is 141 cm³/mol. The Balaban J connectivity index is 1.36. The summed E-state index contributed by atoms with van der Waals surface area (Å²) in [5.74, 6) is 7.21. The first-order valence-corrected chi connectivity index (χ1v) is 15.3. The van der Waals surface area contributed by atoms with Crippen molar-refractivity contribution in [3.8, 4) is 0 Å². The average Bonchev–Trinajstić information content (AvgIpc) is 3.55. The van der Waals surface area contributed by atoms with E-state index in [9.17, 15) is 10.2 Å². The van der Waals surface area contributed by atoms with Crippen molar-refractivity contribution in [2.24, 2.45) is 58.2 Å². The summed E-state index contributed by atoms with van der Waals surface area (Å²) in [6.45, 7) is 14.1. The molecule has 34 heavy (non-hydrogen) atoms. The summed E-state index contributed by atoms with van der Waals surface area (Å²) < 4.78 is 0. The second-order valence-electron chi connectivity index (χ2n) is 15.4. The Morgan fingerprint density at radius 2 is 1.68 bits per heavy atom. The van der Waals surface area contributed by atoms with Gasteiger partial charge in [-0.2, -0.15) is 0 Å². The van der Waals surface area contributed by atoms with Gasteiger partial charge >= 0.3 is 0 Å². The summed E-state index contributed by atoms with van der Waals surface area (Å²) >= 11 is 0. The number of hydrogen-bond donors (Lipinski definition) is 2. The lowest BCUT2D eigenvalue weighted by molar-refractivity contribution is -0.158. The van der Waals surface area contributed by atoms with Crippen LogP contribution in [-0.2, 0) is 0 Å². The minimum Gasteiger partial charge on any atom is -0.390 e. The monoisotopic (exact) mass is 472 g/mol. The SMILES string of the molecule is CC[C@]1(O)CC[C@@]2(C)[C@@H](CC[C@H]3[C@@H]4[C@H](C5CC5)C[C@H]([C@H](C)CCCC(C)(C)O)[C@@]4(C)CC[C@@H]32)C1. The maximum atomic E-state index is 11.1. The Morgan fingerprint density at radius 1 is 0.941 bits per heavy atom. The molecule has 2 nitrogen and oxygen atoms in total. The molecule has 5 rings (SSSR count). The molecule has 0 heterocycles. The summed E-state index contributed by atoms with van der Waals surface area (Å²) in [6.07, 6.45) is 17.9. The first-order chi connectivity index (χ1) is 15.9. The first kappa shape index (κ1) is 25.6. The number of fused-ring (bicyclic) bond motifs is 5. The smallest absolute Gasteiger partial charge is 0.0648 e. The summed E-state index contributed by atoms with van der Waals surface area (Å²) in [6, 6.07) is 0. The van der Waals surface area contributed by atoms with Crippen LogP contribution in [0.2, 0.25) is 0 Å². The van der Waals surface area contributed by atoms with Crippen LogP contribution >= 0.6 is 0 Å². The van der Waals surface area contributed by atoms with Crippen LogP contribution in [-0.4, -0.2) is 21.4 Å². The lowest BCUT2D eigenvalue weighted by Gasteiger charge is -2.63. The molecule has 2 N–H and O–H groups in total. The molecule has 0 amide bonds. The first-order valence-electron chi connectivity index (χ1n) is 15.3. The zero-order valence-corrected chi connectivity index (χ0v) is 23.4. The third-order valence-electron chi connectivity index (χ3n) is 13.0. The van der Waals surface area contributed by atoms with Crippen molar-refractivity contribution in [3.05, 3.63) is 0 Å². The van der Waals surface area contributed by atoms with Gasteiger partial charge in [-0.05, 0) is 149 Å². The van der Waals surface area contributed by atoms with Crippen LogP contribution in [0.3, 0.4) is 0 Å². The zero-order chi connectivity index (χ0) is 24.5. The highest BCUT2D eigenvalue weighted by Crippen LogP contribution is 2.72. The van der Waals surface area contributed by atoms with Crippen LogP contribution in [0.25, 0.3) is 0 Å². The van der Waals surface area contributed by atoms with E-state index < -0.39 is 5.60 Å². The molecule has 0 aromatic carbocycles. The van der Waals surface area contributed by atoms with Crippen molar-refractivity contribution < 1.29 is 10.2 Å². The molecular formula is C32H56O2. The summed E-state index contributed by atoms with van der Waals surface area (Å²) in [5.41, 5.74) is 0.100. The van der Waals surface area contributed by atoms with Crippen molar-refractivity contribution >= 4 is 0 Å². The molecule has 0 aromatic heterocycles. The van der Waals surface area contributed by atoms with Gasteiger partial charge in [0.15, 0.2) is 0 Å². The molecular weight excluding hydrogens is 416 g/mol. The highest BCUT2D eigenvalue weighted by atomic mass is 16.3. The Bertz CT molecular complexity index is 736. The van der Waals surface area contributed by atoms with E-state index >= 15 is 0 Å². The fourth-order valence-corrected chi connectivity index (χ4v) is 10.8. The van der Waals surface area contributed by atoms with Crippen LogP contribution in [0, 0.1) is 58.2 Å². The van der Waals surface area contributed by atoms with Gasteiger partial charge in [0.25, 0.3) is 0 Å². The van der Waals surface area contributed by atoms with Gasteiger partial charge in [-0.15, -0.1) is 0 Å². The van der Waals surface area contributed by atoms with Gasteiger partial charge in [0.05, 0.1) is 11.2 Å². The summed E-state index contributed by atoms with van der Waals surface area (Å²) in [7, 11) is 0. The van der Waals surface area contributed by atoms with E-state index in [0.29, 0.717) is 10.8 Å². The van der Waals surface area contributed by atoms with E-state index in [2.05, 4.69) is 27.7 Å². The largest absolute Gasteiger partial charge is 0.390 e. The molecule has 5 fully saturated rings. The molecule has 2 heteroatoms. The molecule has 0 radical (unpaired) electrons. The second-order valence-corrected chi connectivity index (χ2v) is 15.4. The van der Waals surface area contributed by atoms with Gasteiger partial charge in [-0.25, -0.2) is 0 Å². The van der Waals surface area contributed by atoms with Gasteiger partial charge in [-0.1, -0.05) is 40.5 Å². The van der Waals surface area contributed by atoms with Crippen LogP contribution in [0.4, 0.5) is 0 Å². The predicted octanol–water partition coefficient (Wildman–Crippen LogP) is 8.00. The molecule has 0 unspecified atom stereocenters. The zero-order valence-electron chi connectivity index (χ0n) is 23.4.